The van der Waals surface area contributed by atoms with Crippen molar-refractivity contribution in [2.75, 3.05) is 0 Å². The molecule has 2 N–H and O–H groups in total. The van der Waals surface area contributed by atoms with Gasteiger partial charge in [-0.25, -0.2) is 0 Å². The Morgan fingerprint density at radius 2 is 1.78 bits per heavy atom. The Bertz CT molecular complexity index is 602. The maximum absolute atomic E-state index is 11.5. The molecule has 2 amide bonds. The highest BCUT2D eigenvalue weighted by Gasteiger charge is 2.24. The lowest BCUT2D eigenvalue weighted by atomic mass is 10.1. The number of nitrogens with one attached hydrogen (secondary N) is 2. The minimum Gasteiger partial charge on any atom is -0.310 e. The van der Waals surface area contributed by atoms with Crippen LogP contribution in [-0.4, -0.2) is 17.2 Å². The average Bonchev–Trinajstić information content (AvgIpc) is 2.75. The first-order chi connectivity index (χ1) is 11.2. The van der Waals surface area contributed by atoms with Crippen molar-refractivity contribution in [1.29, 1.82) is 0 Å². The predicted molar refractivity (Wildman–Crippen MR) is 93.9 cm³/mol. The van der Waals surface area contributed by atoms with Gasteiger partial charge in [-0.15, -0.1) is 0 Å². The maximum Gasteiger partial charge on any atom is 0.290 e. The minimum atomic E-state index is -0.306. The summed E-state index contributed by atoms with van der Waals surface area (Å²) in [5.41, 5.74) is 2.19. The van der Waals surface area contributed by atoms with Gasteiger partial charge in [0.2, 0.25) is 0 Å². The smallest absolute Gasteiger partial charge is 0.290 e. The summed E-state index contributed by atoms with van der Waals surface area (Å²) in [6.45, 7) is 0.884. The zero-order valence-corrected chi connectivity index (χ0v) is 14.0. The number of benzene rings is 1. The Kier molecular flexibility index (Phi) is 5.51. The first-order valence-electron chi connectivity index (χ1n) is 8.28. The van der Waals surface area contributed by atoms with E-state index in [0.29, 0.717) is 10.9 Å². The molecule has 2 fully saturated rings. The Labute approximate surface area is 141 Å². The number of carbonyl (C=O) groups is 2. The second-order valence-corrected chi connectivity index (χ2v) is 7.18. The third-order valence-electron chi connectivity index (χ3n) is 4.37. The van der Waals surface area contributed by atoms with Crippen LogP contribution in [0, 0.1) is 0 Å². The summed E-state index contributed by atoms with van der Waals surface area (Å²) in [6.07, 6.45) is 9.74. The van der Waals surface area contributed by atoms with Crippen molar-refractivity contribution in [3.05, 3.63) is 40.3 Å². The number of hydrogen-bond donors (Lipinski definition) is 2. The normalized spacial score (nSPS) is 21.5. The summed E-state index contributed by atoms with van der Waals surface area (Å²) in [6, 6.07) is 8.79. The maximum atomic E-state index is 11.5. The molecule has 1 aliphatic heterocycles. The van der Waals surface area contributed by atoms with Crippen molar-refractivity contribution in [2.24, 2.45) is 0 Å². The quantitative estimate of drug-likeness (QED) is 0.651. The fourth-order valence-electron chi connectivity index (χ4n) is 3.05. The minimum absolute atomic E-state index is 0.300. The number of hydrogen-bond acceptors (Lipinski definition) is 4. The summed E-state index contributed by atoms with van der Waals surface area (Å²) in [7, 11) is 0. The first-order valence-corrected chi connectivity index (χ1v) is 9.09. The van der Waals surface area contributed by atoms with Crippen molar-refractivity contribution >= 4 is 29.0 Å². The van der Waals surface area contributed by atoms with Crippen molar-refractivity contribution in [2.45, 2.75) is 51.1 Å². The van der Waals surface area contributed by atoms with Crippen LogP contribution in [-0.2, 0) is 11.3 Å². The number of imide groups is 1. The van der Waals surface area contributed by atoms with Gasteiger partial charge in [0.05, 0.1) is 4.91 Å². The van der Waals surface area contributed by atoms with Crippen molar-refractivity contribution in [3.8, 4) is 0 Å². The monoisotopic (exact) mass is 330 g/mol. The number of amides is 2. The molecule has 0 aromatic heterocycles. The lowest BCUT2D eigenvalue weighted by Gasteiger charge is -2.16. The van der Waals surface area contributed by atoms with Crippen LogP contribution in [0.5, 0.6) is 0 Å². The van der Waals surface area contributed by atoms with Crippen molar-refractivity contribution in [1.82, 2.24) is 10.6 Å². The summed E-state index contributed by atoms with van der Waals surface area (Å²) in [4.78, 5) is 23.1. The van der Waals surface area contributed by atoms with Gasteiger partial charge in [0.1, 0.15) is 0 Å². The van der Waals surface area contributed by atoms with E-state index in [2.05, 4.69) is 22.8 Å². The standard InChI is InChI=1S/C18H22N2O2S/c21-17-16(23-18(22)20-17)11-13-7-9-14(10-8-13)12-19-15-5-3-1-2-4-6-15/h7-11,15,19H,1-6,12H2,(H,20,21,22)/b16-11+. The molecule has 1 aromatic carbocycles. The van der Waals surface area contributed by atoms with E-state index >= 15 is 0 Å². The van der Waals surface area contributed by atoms with Gasteiger partial charge in [-0.2, -0.15) is 0 Å². The molecule has 0 unspecified atom stereocenters. The second-order valence-electron chi connectivity index (χ2n) is 6.16. The predicted octanol–water partition coefficient (Wildman–Crippen LogP) is 3.82. The molecular formula is C18H22N2O2S. The van der Waals surface area contributed by atoms with E-state index in [9.17, 15) is 9.59 Å². The molecular weight excluding hydrogens is 308 g/mol. The van der Waals surface area contributed by atoms with Gasteiger partial charge in [-0.3, -0.25) is 14.9 Å². The van der Waals surface area contributed by atoms with Crippen LogP contribution in [0.25, 0.3) is 6.08 Å². The molecule has 0 atom stereocenters. The van der Waals surface area contributed by atoms with Crippen LogP contribution in [0.15, 0.2) is 29.2 Å². The van der Waals surface area contributed by atoms with E-state index < -0.39 is 0 Å². The van der Waals surface area contributed by atoms with Gasteiger partial charge in [0, 0.05) is 12.6 Å². The molecule has 5 heteroatoms. The Hall–Kier alpha value is -1.59. The molecule has 1 heterocycles. The molecule has 0 spiro atoms. The van der Waals surface area contributed by atoms with Gasteiger partial charge < -0.3 is 5.32 Å². The summed E-state index contributed by atoms with van der Waals surface area (Å²) >= 11 is 0.953. The van der Waals surface area contributed by atoms with Gasteiger partial charge in [-0.1, -0.05) is 49.9 Å². The van der Waals surface area contributed by atoms with Crippen LogP contribution in [0.4, 0.5) is 4.79 Å². The molecule has 23 heavy (non-hydrogen) atoms. The number of rotatable bonds is 4. The highest BCUT2D eigenvalue weighted by molar-refractivity contribution is 8.18. The van der Waals surface area contributed by atoms with Crippen molar-refractivity contribution in [3.63, 3.8) is 0 Å². The van der Waals surface area contributed by atoms with E-state index in [0.717, 1.165) is 23.9 Å². The Morgan fingerprint density at radius 3 is 2.39 bits per heavy atom. The van der Waals surface area contributed by atoms with E-state index in [1.54, 1.807) is 6.08 Å². The molecule has 0 radical (unpaired) electrons. The molecule has 1 saturated heterocycles. The molecule has 4 nitrogen and oxygen atoms in total. The van der Waals surface area contributed by atoms with Crippen LogP contribution >= 0.6 is 11.8 Å². The lowest BCUT2D eigenvalue weighted by molar-refractivity contribution is -0.115. The zero-order chi connectivity index (χ0) is 16.1. The molecule has 2 aliphatic rings. The summed E-state index contributed by atoms with van der Waals surface area (Å²) < 4.78 is 0. The molecule has 1 aliphatic carbocycles. The Balaban J connectivity index is 1.55. The van der Waals surface area contributed by atoms with Crippen molar-refractivity contribution < 1.29 is 9.59 Å². The van der Waals surface area contributed by atoms with E-state index in [1.807, 2.05) is 12.1 Å². The van der Waals surface area contributed by atoms with Gasteiger partial charge in [0.15, 0.2) is 0 Å². The first kappa shape index (κ1) is 16.3. The molecule has 1 aromatic rings. The fourth-order valence-corrected chi connectivity index (χ4v) is 3.73. The van der Waals surface area contributed by atoms with Crippen LogP contribution < -0.4 is 10.6 Å². The van der Waals surface area contributed by atoms with Crippen LogP contribution in [0.1, 0.15) is 49.7 Å². The SMILES string of the molecule is O=C1NC(=O)/C(=C\c2ccc(CNC3CCCCCC3)cc2)S1. The van der Waals surface area contributed by atoms with E-state index in [-0.39, 0.29) is 11.1 Å². The number of thioether (sulfide) groups is 1. The van der Waals surface area contributed by atoms with Crippen LogP contribution in [0.3, 0.4) is 0 Å². The molecule has 122 valence electrons. The summed E-state index contributed by atoms with van der Waals surface area (Å²) in [5.74, 6) is -0.306. The fraction of sp³-hybridized carbons (Fsp3) is 0.444. The van der Waals surface area contributed by atoms with Gasteiger partial charge >= 0.3 is 0 Å². The molecule has 0 bridgehead atoms. The molecule has 1 saturated carbocycles. The largest absolute Gasteiger partial charge is 0.310 e. The third kappa shape index (κ3) is 4.69. The highest BCUT2D eigenvalue weighted by atomic mass is 32.2. The molecule has 3 rings (SSSR count). The second kappa shape index (κ2) is 7.79. The zero-order valence-electron chi connectivity index (χ0n) is 13.1. The lowest BCUT2D eigenvalue weighted by Crippen LogP contribution is -2.27. The highest BCUT2D eigenvalue weighted by Crippen LogP contribution is 2.25. The topological polar surface area (TPSA) is 58.2 Å². The van der Waals surface area contributed by atoms with Gasteiger partial charge in [-0.05, 0) is 41.8 Å². The van der Waals surface area contributed by atoms with Crippen LogP contribution in [0.2, 0.25) is 0 Å². The van der Waals surface area contributed by atoms with E-state index in [4.69, 9.17) is 0 Å². The average molecular weight is 330 g/mol. The number of carbonyl (C=O) groups excluding carboxylic acids is 2. The Morgan fingerprint density at radius 1 is 1.09 bits per heavy atom. The van der Waals surface area contributed by atoms with E-state index in [1.165, 1.54) is 44.1 Å². The summed E-state index contributed by atoms with van der Waals surface area (Å²) in [5, 5.41) is 5.62. The van der Waals surface area contributed by atoms with Gasteiger partial charge in [0.25, 0.3) is 11.1 Å². The third-order valence-corrected chi connectivity index (χ3v) is 5.18.